The zero-order valence-corrected chi connectivity index (χ0v) is 14.5. The second-order valence-electron chi connectivity index (χ2n) is 6.49. The molecule has 1 atom stereocenters. The van der Waals surface area contributed by atoms with Gasteiger partial charge < -0.3 is 10.1 Å². The van der Waals surface area contributed by atoms with Crippen LogP contribution in [0.3, 0.4) is 0 Å². The number of nitrogens with zero attached hydrogens (tertiary/aromatic N) is 1. The predicted octanol–water partition coefficient (Wildman–Crippen LogP) is 3.14. The molecule has 3 amide bonds. The van der Waals surface area contributed by atoms with Crippen molar-refractivity contribution in [2.45, 2.75) is 31.8 Å². The number of amides is 3. The van der Waals surface area contributed by atoms with Crippen LogP contribution in [0.5, 0.6) is 5.75 Å². The maximum Gasteiger partial charge on any atom is 0.325 e. The highest BCUT2D eigenvalue weighted by atomic mass is 16.5. The van der Waals surface area contributed by atoms with E-state index in [2.05, 4.69) is 5.32 Å². The van der Waals surface area contributed by atoms with E-state index in [1.807, 2.05) is 54.6 Å². The zero-order valence-electron chi connectivity index (χ0n) is 14.5. The summed E-state index contributed by atoms with van der Waals surface area (Å²) >= 11 is 0. The Morgan fingerprint density at radius 1 is 1.00 bits per heavy atom. The van der Waals surface area contributed by atoms with E-state index in [0.29, 0.717) is 19.4 Å². The molecular formula is C20H22N2O3. The van der Waals surface area contributed by atoms with Crippen molar-refractivity contribution in [3.05, 3.63) is 65.7 Å². The first-order valence-electron chi connectivity index (χ1n) is 8.33. The molecule has 0 radical (unpaired) electrons. The van der Waals surface area contributed by atoms with Gasteiger partial charge in [0.2, 0.25) is 0 Å². The molecule has 5 nitrogen and oxygen atoms in total. The third-order valence-corrected chi connectivity index (χ3v) is 4.60. The maximum absolute atomic E-state index is 12.8. The van der Waals surface area contributed by atoms with E-state index >= 15 is 0 Å². The third-order valence-electron chi connectivity index (χ3n) is 4.60. The fourth-order valence-electron chi connectivity index (χ4n) is 3.01. The van der Waals surface area contributed by atoms with Crippen molar-refractivity contribution in [3.8, 4) is 5.75 Å². The van der Waals surface area contributed by atoms with Gasteiger partial charge in [-0.2, -0.15) is 0 Å². The topological polar surface area (TPSA) is 58.6 Å². The van der Waals surface area contributed by atoms with E-state index in [1.165, 1.54) is 4.90 Å². The predicted molar refractivity (Wildman–Crippen MR) is 95.2 cm³/mol. The molecule has 1 aliphatic rings. The van der Waals surface area contributed by atoms with Crippen molar-refractivity contribution >= 4 is 11.9 Å². The van der Waals surface area contributed by atoms with Gasteiger partial charge in [-0.15, -0.1) is 0 Å². The van der Waals surface area contributed by atoms with Crippen LogP contribution in [-0.4, -0.2) is 29.5 Å². The van der Waals surface area contributed by atoms with Crippen molar-refractivity contribution in [2.75, 3.05) is 7.11 Å². The quantitative estimate of drug-likeness (QED) is 0.823. The molecule has 1 saturated heterocycles. The number of hydrogen-bond acceptors (Lipinski definition) is 3. The molecule has 0 aromatic heterocycles. The molecule has 0 saturated carbocycles. The standard InChI is InChI=1S/C20H22N2O3/c1-20(13-12-15-8-10-17(25-2)11-9-15)18(23)22(19(24)21-20)14-16-6-4-3-5-7-16/h3-11H,12-14H2,1-2H3,(H,21,24). The lowest BCUT2D eigenvalue weighted by Crippen LogP contribution is -2.44. The van der Waals surface area contributed by atoms with E-state index in [4.69, 9.17) is 4.74 Å². The van der Waals surface area contributed by atoms with Gasteiger partial charge in [-0.1, -0.05) is 42.5 Å². The Kier molecular flexibility index (Phi) is 4.74. The highest BCUT2D eigenvalue weighted by Gasteiger charge is 2.47. The molecule has 25 heavy (non-hydrogen) atoms. The van der Waals surface area contributed by atoms with Gasteiger partial charge in [0, 0.05) is 0 Å². The minimum absolute atomic E-state index is 0.171. The van der Waals surface area contributed by atoms with Gasteiger partial charge in [0.15, 0.2) is 0 Å². The van der Waals surface area contributed by atoms with Gasteiger partial charge in [-0.3, -0.25) is 9.69 Å². The van der Waals surface area contributed by atoms with E-state index in [9.17, 15) is 9.59 Å². The molecule has 2 aromatic carbocycles. The van der Waals surface area contributed by atoms with Crippen molar-refractivity contribution in [3.63, 3.8) is 0 Å². The summed E-state index contributed by atoms with van der Waals surface area (Å²) in [7, 11) is 1.63. The number of methoxy groups -OCH3 is 1. The average Bonchev–Trinajstić information content (AvgIpc) is 2.85. The number of rotatable bonds is 6. The molecule has 1 unspecified atom stereocenters. The SMILES string of the molecule is COc1ccc(CCC2(C)NC(=O)N(Cc3ccccc3)C2=O)cc1. The molecule has 0 aliphatic carbocycles. The molecule has 0 bridgehead atoms. The summed E-state index contributed by atoms with van der Waals surface area (Å²) in [5.41, 5.74) is 1.17. The average molecular weight is 338 g/mol. The highest BCUT2D eigenvalue weighted by molar-refractivity contribution is 6.06. The Hall–Kier alpha value is -2.82. The first-order chi connectivity index (χ1) is 12.0. The summed E-state index contributed by atoms with van der Waals surface area (Å²) < 4.78 is 5.15. The molecule has 3 rings (SSSR count). The first kappa shape index (κ1) is 17.0. The van der Waals surface area contributed by atoms with Gasteiger partial charge in [0.1, 0.15) is 11.3 Å². The smallest absolute Gasteiger partial charge is 0.325 e. The fraction of sp³-hybridized carbons (Fsp3) is 0.300. The fourth-order valence-corrected chi connectivity index (χ4v) is 3.01. The largest absolute Gasteiger partial charge is 0.497 e. The molecule has 2 aromatic rings. The van der Waals surface area contributed by atoms with Gasteiger partial charge in [0.25, 0.3) is 5.91 Å². The lowest BCUT2D eigenvalue weighted by Gasteiger charge is -2.21. The van der Waals surface area contributed by atoms with Crippen molar-refractivity contribution < 1.29 is 14.3 Å². The van der Waals surface area contributed by atoms with Gasteiger partial charge >= 0.3 is 6.03 Å². The minimum atomic E-state index is -0.869. The number of benzene rings is 2. The van der Waals surface area contributed by atoms with Crippen LogP contribution in [0.4, 0.5) is 4.79 Å². The first-order valence-corrected chi connectivity index (χ1v) is 8.33. The Balaban J connectivity index is 1.66. The van der Waals surface area contributed by atoms with E-state index in [-0.39, 0.29) is 11.9 Å². The normalized spacial score (nSPS) is 19.8. The number of imide groups is 1. The van der Waals surface area contributed by atoms with Crippen LogP contribution in [0.15, 0.2) is 54.6 Å². The van der Waals surface area contributed by atoms with Crippen LogP contribution in [0.2, 0.25) is 0 Å². The van der Waals surface area contributed by atoms with Crippen LogP contribution in [0.25, 0.3) is 0 Å². The summed E-state index contributed by atoms with van der Waals surface area (Å²) in [6.45, 7) is 2.09. The Morgan fingerprint density at radius 3 is 2.32 bits per heavy atom. The van der Waals surface area contributed by atoms with Crippen LogP contribution in [0.1, 0.15) is 24.5 Å². The Bertz CT molecular complexity index is 758. The van der Waals surface area contributed by atoms with Crippen LogP contribution >= 0.6 is 0 Å². The van der Waals surface area contributed by atoms with Gasteiger partial charge in [-0.05, 0) is 43.0 Å². The summed E-state index contributed by atoms with van der Waals surface area (Å²) in [4.78, 5) is 26.4. The summed E-state index contributed by atoms with van der Waals surface area (Å²) in [5, 5.41) is 2.86. The van der Waals surface area contributed by atoms with E-state index < -0.39 is 5.54 Å². The lowest BCUT2D eigenvalue weighted by atomic mass is 9.93. The number of carbonyl (C=O) groups excluding carboxylic acids is 2. The number of ether oxygens (including phenoxy) is 1. The van der Waals surface area contributed by atoms with Crippen molar-refractivity contribution in [1.29, 1.82) is 0 Å². The van der Waals surface area contributed by atoms with Gasteiger partial charge in [0.05, 0.1) is 13.7 Å². The lowest BCUT2D eigenvalue weighted by molar-refractivity contribution is -0.131. The monoisotopic (exact) mass is 338 g/mol. The molecule has 1 N–H and O–H groups in total. The van der Waals surface area contributed by atoms with Crippen molar-refractivity contribution in [2.24, 2.45) is 0 Å². The molecular weight excluding hydrogens is 316 g/mol. The number of hydrogen-bond donors (Lipinski definition) is 1. The number of carbonyl (C=O) groups is 2. The number of urea groups is 1. The van der Waals surface area contributed by atoms with E-state index in [1.54, 1.807) is 14.0 Å². The Labute approximate surface area is 147 Å². The molecule has 1 heterocycles. The molecule has 5 heteroatoms. The second kappa shape index (κ2) is 6.97. The second-order valence-corrected chi connectivity index (χ2v) is 6.49. The third kappa shape index (κ3) is 3.65. The minimum Gasteiger partial charge on any atom is -0.497 e. The van der Waals surface area contributed by atoms with E-state index in [0.717, 1.165) is 16.9 Å². The maximum atomic E-state index is 12.8. The van der Waals surface area contributed by atoms with Crippen molar-refractivity contribution in [1.82, 2.24) is 10.2 Å². The highest BCUT2D eigenvalue weighted by Crippen LogP contribution is 2.25. The van der Waals surface area contributed by atoms with Crippen LogP contribution < -0.4 is 10.1 Å². The zero-order chi connectivity index (χ0) is 17.9. The van der Waals surface area contributed by atoms with Crippen LogP contribution in [0, 0.1) is 0 Å². The molecule has 0 spiro atoms. The summed E-state index contributed by atoms with van der Waals surface area (Å²) in [5.74, 6) is 0.629. The Morgan fingerprint density at radius 2 is 1.68 bits per heavy atom. The molecule has 130 valence electrons. The summed E-state index contributed by atoms with van der Waals surface area (Å²) in [6.07, 6.45) is 1.25. The molecule has 1 fully saturated rings. The number of nitrogens with one attached hydrogen (secondary N) is 1. The number of aryl methyl sites for hydroxylation is 1. The summed E-state index contributed by atoms with van der Waals surface area (Å²) in [6, 6.07) is 17.0. The van der Waals surface area contributed by atoms with Gasteiger partial charge in [-0.25, -0.2) is 4.79 Å². The molecule has 1 aliphatic heterocycles. The van der Waals surface area contributed by atoms with Crippen LogP contribution in [-0.2, 0) is 17.8 Å².